The van der Waals surface area contributed by atoms with Crippen molar-refractivity contribution in [1.29, 1.82) is 0 Å². The van der Waals surface area contributed by atoms with Crippen LogP contribution in [0.4, 0.5) is 5.82 Å². The Morgan fingerprint density at radius 2 is 2.11 bits per heavy atom. The Morgan fingerprint density at radius 1 is 1.28 bits per heavy atom. The van der Waals surface area contributed by atoms with Gasteiger partial charge in [-0.05, 0) is 43.7 Å². The van der Waals surface area contributed by atoms with Gasteiger partial charge < -0.3 is 10.6 Å². The summed E-state index contributed by atoms with van der Waals surface area (Å²) in [6.07, 6.45) is 7.73. The van der Waals surface area contributed by atoms with Gasteiger partial charge in [0.2, 0.25) is 0 Å². The van der Waals surface area contributed by atoms with Crippen LogP contribution in [-0.4, -0.2) is 28.4 Å². The lowest BCUT2D eigenvalue weighted by Crippen LogP contribution is -2.46. The molecule has 1 saturated carbocycles. The predicted molar refractivity (Wildman–Crippen MR) is 70.0 cm³/mol. The number of nitrogens with two attached hydrogens (primary N) is 1. The van der Waals surface area contributed by atoms with Crippen molar-refractivity contribution >= 4 is 11.7 Å². The number of nitrogen functional groups attached to an aromatic ring is 1. The second-order valence-electron chi connectivity index (χ2n) is 5.37. The largest absolute Gasteiger partial charge is 0.384 e. The molecular weight excluding hydrogens is 226 g/mol. The summed E-state index contributed by atoms with van der Waals surface area (Å²) in [6.45, 7) is 0.893. The van der Waals surface area contributed by atoms with Gasteiger partial charge in [-0.15, -0.1) is 0 Å². The summed E-state index contributed by atoms with van der Waals surface area (Å²) in [5, 5.41) is 0. The molecule has 2 N–H and O–H groups in total. The van der Waals surface area contributed by atoms with Crippen molar-refractivity contribution in [2.45, 2.75) is 38.1 Å². The van der Waals surface area contributed by atoms with Crippen molar-refractivity contribution in [2.24, 2.45) is 5.92 Å². The molecule has 1 amide bonds. The number of fused-ring (bicyclic) bond motifs is 1. The summed E-state index contributed by atoms with van der Waals surface area (Å²) in [7, 11) is 0. The molecule has 96 valence electrons. The van der Waals surface area contributed by atoms with Crippen LogP contribution in [0.15, 0.2) is 18.3 Å². The van der Waals surface area contributed by atoms with E-state index in [1.807, 2.05) is 0 Å². The molecule has 0 bridgehead atoms. The highest BCUT2D eigenvalue weighted by Gasteiger charge is 2.37. The zero-order valence-corrected chi connectivity index (χ0v) is 10.5. The molecule has 0 radical (unpaired) electrons. The molecule has 1 aliphatic carbocycles. The van der Waals surface area contributed by atoms with Crippen molar-refractivity contribution in [3.63, 3.8) is 0 Å². The van der Waals surface area contributed by atoms with Crippen molar-refractivity contribution in [3.8, 4) is 0 Å². The summed E-state index contributed by atoms with van der Waals surface area (Å²) in [4.78, 5) is 18.6. The van der Waals surface area contributed by atoms with Crippen LogP contribution >= 0.6 is 0 Å². The molecule has 2 fully saturated rings. The molecule has 2 heterocycles. The van der Waals surface area contributed by atoms with E-state index in [1.165, 1.54) is 25.7 Å². The molecule has 1 saturated heterocycles. The third-order valence-corrected chi connectivity index (χ3v) is 4.29. The predicted octanol–water partition coefficient (Wildman–Crippen LogP) is 2.07. The van der Waals surface area contributed by atoms with Crippen LogP contribution in [0.25, 0.3) is 0 Å². The average Bonchev–Trinajstić information content (AvgIpc) is 2.87. The van der Waals surface area contributed by atoms with E-state index in [1.54, 1.807) is 18.3 Å². The normalized spacial score (nSPS) is 27.0. The monoisotopic (exact) mass is 245 g/mol. The van der Waals surface area contributed by atoms with Crippen molar-refractivity contribution in [3.05, 3.63) is 23.9 Å². The van der Waals surface area contributed by atoms with E-state index >= 15 is 0 Å². The minimum atomic E-state index is 0.124. The number of pyridine rings is 1. The third kappa shape index (κ3) is 1.96. The minimum Gasteiger partial charge on any atom is -0.384 e. The number of anilines is 1. The number of nitrogens with zero attached hydrogens (tertiary/aromatic N) is 2. The second-order valence-corrected chi connectivity index (χ2v) is 5.37. The van der Waals surface area contributed by atoms with Gasteiger partial charge in [-0.3, -0.25) is 4.79 Å². The summed E-state index contributed by atoms with van der Waals surface area (Å²) in [5.74, 6) is 1.31. The summed E-state index contributed by atoms with van der Waals surface area (Å²) in [5.41, 5.74) is 6.22. The SMILES string of the molecule is Nc1ccc(C(=O)N2CCCC3CCCC32)cn1. The van der Waals surface area contributed by atoms with Crippen molar-refractivity contribution in [1.82, 2.24) is 9.88 Å². The Labute approximate surface area is 107 Å². The number of piperidine rings is 1. The minimum absolute atomic E-state index is 0.124. The Hall–Kier alpha value is -1.58. The number of hydrogen-bond acceptors (Lipinski definition) is 3. The fourth-order valence-corrected chi connectivity index (χ4v) is 3.40. The fraction of sp³-hybridized carbons (Fsp3) is 0.571. The summed E-state index contributed by atoms with van der Waals surface area (Å²) < 4.78 is 0. The van der Waals surface area contributed by atoms with Crippen LogP contribution in [0.2, 0.25) is 0 Å². The van der Waals surface area contributed by atoms with Crippen LogP contribution in [0, 0.1) is 5.92 Å². The first-order chi connectivity index (χ1) is 8.75. The quantitative estimate of drug-likeness (QED) is 0.824. The Bertz CT molecular complexity index is 443. The van der Waals surface area contributed by atoms with Gasteiger partial charge in [-0.1, -0.05) is 6.42 Å². The highest BCUT2D eigenvalue weighted by atomic mass is 16.2. The van der Waals surface area contributed by atoms with E-state index in [0.717, 1.165) is 18.9 Å². The van der Waals surface area contributed by atoms with E-state index < -0.39 is 0 Å². The molecule has 1 aromatic rings. The number of aromatic nitrogens is 1. The van der Waals surface area contributed by atoms with Gasteiger partial charge in [0.1, 0.15) is 5.82 Å². The van der Waals surface area contributed by atoms with Gasteiger partial charge in [0.05, 0.1) is 5.56 Å². The highest BCUT2D eigenvalue weighted by Crippen LogP contribution is 2.37. The lowest BCUT2D eigenvalue weighted by molar-refractivity contribution is 0.0548. The first-order valence-electron chi connectivity index (χ1n) is 6.78. The molecule has 4 nitrogen and oxygen atoms in total. The van der Waals surface area contributed by atoms with Gasteiger partial charge in [0.25, 0.3) is 5.91 Å². The molecule has 0 aromatic carbocycles. The number of carbonyl (C=O) groups is 1. The first kappa shape index (κ1) is 11.5. The van der Waals surface area contributed by atoms with E-state index in [9.17, 15) is 4.79 Å². The second kappa shape index (κ2) is 4.59. The van der Waals surface area contributed by atoms with Gasteiger partial charge >= 0.3 is 0 Å². The average molecular weight is 245 g/mol. The standard InChI is InChI=1S/C14H19N3O/c15-13-7-6-11(9-16-13)14(18)17-8-2-4-10-3-1-5-12(10)17/h6-7,9-10,12H,1-5,8H2,(H2,15,16). The number of likely N-dealkylation sites (tertiary alicyclic amines) is 1. The van der Waals surface area contributed by atoms with Crippen molar-refractivity contribution < 1.29 is 4.79 Å². The molecular formula is C14H19N3O. The summed E-state index contributed by atoms with van der Waals surface area (Å²) >= 11 is 0. The number of carbonyl (C=O) groups excluding carboxylic acids is 1. The zero-order chi connectivity index (χ0) is 12.5. The van der Waals surface area contributed by atoms with E-state index in [-0.39, 0.29) is 5.91 Å². The smallest absolute Gasteiger partial charge is 0.255 e. The van der Waals surface area contributed by atoms with Crippen LogP contribution in [-0.2, 0) is 0 Å². The molecule has 18 heavy (non-hydrogen) atoms. The van der Waals surface area contributed by atoms with E-state index in [0.29, 0.717) is 17.4 Å². The van der Waals surface area contributed by atoms with Crippen LogP contribution in [0.1, 0.15) is 42.5 Å². The number of hydrogen-bond donors (Lipinski definition) is 1. The summed E-state index contributed by atoms with van der Waals surface area (Å²) in [6, 6.07) is 3.94. The molecule has 3 rings (SSSR count). The molecule has 2 unspecified atom stereocenters. The molecule has 2 atom stereocenters. The Morgan fingerprint density at radius 3 is 2.89 bits per heavy atom. The van der Waals surface area contributed by atoms with Crippen LogP contribution < -0.4 is 5.73 Å². The number of rotatable bonds is 1. The fourth-order valence-electron chi connectivity index (χ4n) is 3.40. The van der Waals surface area contributed by atoms with E-state index in [2.05, 4.69) is 9.88 Å². The molecule has 4 heteroatoms. The van der Waals surface area contributed by atoms with Crippen LogP contribution in [0.5, 0.6) is 0 Å². The highest BCUT2D eigenvalue weighted by molar-refractivity contribution is 5.94. The number of amides is 1. The molecule has 1 aliphatic heterocycles. The Kier molecular flexibility index (Phi) is 2.94. The topological polar surface area (TPSA) is 59.2 Å². The molecule has 2 aliphatic rings. The van der Waals surface area contributed by atoms with Crippen LogP contribution in [0.3, 0.4) is 0 Å². The maximum atomic E-state index is 12.5. The first-order valence-corrected chi connectivity index (χ1v) is 6.78. The lowest BCUT2D eigenvalue weighted by atomic mass is 9.91. The van der Waals surface area contributed by atoms with Gasteiger partial charge in [0.15, 0.2) is 0 Å². The van der Waals surface area contributed by atoms with E-state index in [4.69, 9.17) is 5.73 Å². The maximum Gasteiger partial charge on any atom is 0.255 e. The van der Waals surface area contributed by atoms with Crippen molar-refractivity contribution in [2.75, 3.05) is 12.3 Å². The lowest BCUT2D eigenvalue weighted by Gasteiger charge is -2.37. The Balaban J connectivity index is 1.81. The van der Waals surface area contributed by atoms with Gasteiger partial charge in [-0.25, -0.2) is 4.98 Å². The van der Waals surface area contributed by atoms with Gasteiger partial charge in [0, 0.05) is 18.8 Å². The maximum absolute atomic E-state index is 12.5. The zero-order valence-electron chi connectivity index (χ0n) is 10.5. The third-order valence-electron chi connectivity index (χ3n) is 4.29. The van der Waals surface area contributed by atoms with Gasteiger partial charge in [-0.2, -0.15) is 0 Å². The molecule has 1 aromatic heterocycles. The molecule has 0 spiro atoms.